The monoisotopic (exact) mass is 532 g/mol. The van der Waals surface area contributed by atoms with Crippen LogP contribution in [0.2, 0.25) is 0 Å². The Kier molecular flexibility index (Phi) is 19.5. The Bertz CT molecular complexity index is 740. The lowest BCUT2D eigenvalue weighted by molar-refractivity contribution is -0.146. The summed E-state index contributed by atoms with van der Waals surface area (Å²) in [5, 5.41) is 27.5. The molecule has 5 atom stereocenters. The van der Waals surface area contributed by atoms with Crippen molar-refractivity contribution in [1.29, 1.82) is 0 Å². The number of carboxylic acid groups (broad SMARTS) is 1. The highest BCUT2D eigenvalue weighted by Crippen LogP contribution is 2.28. The van der Waals surface area contributed by atoms with Crippen molar-refractivity contribution in [1.82, 2.24) is 0 Å². The molecule has 216 valence electrons. The van der Waals surface area contributed by atoms with Gasteiger partial charge in [0.2, 0.25) is 0 Å². The molecule has 5 unspecified atom stereocenters. The minimum atomic E-state index is -1.43. The zero-order chi connectivity index (χ0) is 28.0. The summed E-state index contributed by atoms with van der Waals surface area (Å²) in [7, 11) is 0. The Morgan fingerprint density at radius 3 is 2.16 bits per heavy atom. The van der Waals surface area contributed by atoms with Crippen LogP contribution in [0.25, 0.3) is 0 Å². The van der Waals surface area contributed by atoms with Gasteiger partial charge in [0, 0.05) is 6.42 Å². The molecule has 0 heterocycles. The molecule has 2 aliphatic rings. The van der Waals surface area contributed by atoms with Crippen LogP contribution >= 0.6 is 0 Å². The van der Waals surface area contributed by atoms with Gasteiger partial charge in [-0.25, -0.2) is 0 Å². The molecule has 38 heavy (non-hydrogen) atoms. The van der Waals surface area contributed by atoms with Crippen LogP contribution in [0.1, 0.15) is 116 Å². The molecule has 1 saturated carbocycles. The number of hydrogen-bond acceptors (Lipinski definition) is 5. The fraction of sp³-hybridized carbons (Fsp3) is 0.719. The minimum absolute atomic E-state index is 0.231. The van der Waals surface area contributed by atoms with Crippen LogP contribution in [0.15, 0.2) is 36.5 Å². The second-order valence-corrected chi connectivity index (χ2v) is 10.8. The van der Waals surface area contributed by atoms with E-state index in [1.165, 1.54) is 70.6 Å². The number of hydrogen-bond donors (Lipinski definition) is 3. The van der Waals surface area contributed by atoms with Crippen molar-refractivity contribution in [3.05, 3.63) is 36.5 Å². The van der Waals surface area contributed by atoms with E-state index in [2.05, 4.69) is 19.1 Å². The Balaban J connectivity index is 0.000000382. The summed E-state index contributed by atoms with van der Waals surface area (Å²) >= 11 is 0. The maximum Gasteiger partial charge on any atom is 0.303 e. The summed E-state index contributed by atoms with van der Waals surface area (Å²) in [6.45, 7) is 2.08. The van der Waals surface area contributed by atoms with E-state index in [9.17, 15) is 24.6 Å². The predicted molar refractivity (Wildman–Crippen MR) is 153 cm³/mol. The van der Waals surface area contributed by atoms with Crippen LogP contribution in [-0.2, 0) is 14.4 Å². The molecule has 0 aromatic carbocycles. The zero-order valence-electron chi connectivity index (χ0n) is 23.5. The molecule has 0 bridgehead atoms. The van der Waals surface area contributed by atoms with Gasteiger partial charge >= 0.3 is 5.97 Å². The number of aldehydes is 1. The number of ketones is 1. The van der Waals surface area contributed by atoms with Crippen molar-refractivity contribution < 1.29 is 29.7 Å². The van der Waals surface area contributed by atoms with Gasteiger partial charge in [-0.3, -0.25) is 9.59 Å². The average Bonchev–Trinajstić information content (AvgIpc) is 3.42. The highest BCUT2D eigenvalue weighted by atomic mass is 16.4. The number of unbranched alkanes of at least 4 members (excludes halogenated alkanes) is 10. The molecule has 0 radical (unpaired) electrons. The number of aliphatic carboxylic acids is 1. The van der Waals surface area contributed by atoms with E-state index < -0.39 is 29.9 Å². The molecule has 2 aliphatic carbocycles. The Morgan fingerprint density at radius 2 is 1.61 bits per heavy atom. The summed E-state index contributed by atoms with van der Waals surface area (Å²) < 4.78 is 0. The fourth-order valence-electron chi connectivity index (χ4n) is 5.10. The first kappa shape index (κ1) is 34.0. The van der Waals surface area contributed by atoms with Gasteiger partial charge in [0.25, 0.3) is 0 Å². The molecule has 0 aliphatic heterocycles. The normalized spacial score (nSPS) is 25.1. The third-order valence-electron chi connectivity index (χ3n) is 7.49. The summed E-state index contributed by atoms with van der Waals surface area (Å²) in [6, 6.07) is 0. The van der Waals surface area contributed by atoms with Crippen LogP contribution in [0.4, 0.5) is 0 Å². The quantitative estimate of drug-likeness (QED) is 0.0592. The summed E-state index contributed by atoms with van der Waals surface area (Å²) in [5.74, 6) is -1.53. The summed E-state index contributed by atoms with van der Waals surface area (Å²) in [6.07, 6.45) is 29.6. The van der Waals surface area contributed by atoms with Crippen molar-refractivity contribution in [3.8, 4) is 0 Å². The number of aliphatic hydroxyl groups excluding tert-OH is 2. The first-order chi connectivity index (χ1) is 18.4. The van der Waals surface area contributed by atoms with E-state index >= 15 is 0 Å². The van der Waals surface area contributed by atoms with Crippen molar-refractivity contribution in [2.75, 3.05) is 0 Å². The Hall–Kier alpha value is -2.05. The third kappa shape index (κ3) is 15.4. The van der Waals surface area contributed by atoms with Crippen LogP contribution in [0, 0.1) is 17.8 Å². The molecule has 0 saturated heterocycles. The van der Waals surface area contributed by atoms with Crippen LogP contribution in [0.3, 0.4) is 0 Å². The van der Waals surface area contributed by atoms with Gasteiger partial charge in [0.1, 0.15) is 12.4 Å². The third-order valence-corrected chi connectivity index (χ3v) is 7.49. The number of Topliss-reactive ketones (excluding diaryl/α,β-unsaturated/α-hetero) is 1. The predicted octanol–water partition coefficient (Wildman–Crippen LogP) is 6.74. The molecule has 1 fully saturated rings. The van der Waals surface area contributed by atoms with E-state index in [1.54, 1.807) is 12.2 Å². The zero-order valence-corrected chi connectivity index (χ0v) is 23.5. The Labute approximate surface area is 230 Å². The van der Waals surface area contributed by atoms with Crippen molar-refractivity contribution in [2.24, 2.45) is 17.8 Å². The lowest BCUT2D eigenvalue weighted by atomic mass is 9.76. The molecule has 0 spiro atoms. The smallest absolute Gasteiger partial charge is 0.303 e. The lowest BCUT2D eigenvalue weighted by Crippen LogP contribution is -2.47. The molecule has 3 N–H and O–H groups in total. The van der Waals surface area contributed by atoms with Gasteiger partial charge in [-0.1, -0.05) is 108 Å². The molecule has 6 heteroatoms. The van der Waals surface area contributed by atoms with Gasteiger partial charge in [-0.15, -0.1) is 0 Å². The second kappa shape index (κ2) is 21.8. The largest absolute Gasteiger partial charge is 0.481 e. The summed E-state index contributed by atoms with van der Waals surface area (Å²) in [5.41, 5.74) is 0. The topological polar surface area (TPSA) is 112 Å². The van der Waals surface area contributed by atoms with E-state index in [1.807, 2.05) is 12.2 Å². The first-order valence-electron chi connectivity index (χ1n) is 15.0. The van der Waals surface area contributed by atoms with Gasteiger partial charge in [-0.05, 0) is 50.4 Å². The second-order valence-electron chi connectivity index (χ2n) is 10.8. The fourth-order valence-corrected chi connectivity index (χ4v) is 5.10. The van der Waals surface area contributed by atoms with E-state index in [0.29, 0.717) is 12.7 Å². The number of allylic oxidation sites excluding steroid dienone is 6. The van der Waals surface area contributed by atoms with E-state index in [4.69, 9.17) is 5.11 Å². The highest BCUT2D eigenvalue weighted by Gasteiger charge is 2.41. The number of rotatable bonds is 18. The van der Waals surface area contributed by atoms with Gasteiger partial charge < -0.3 is 20.1 Å². The number of aliphatic hydroxyl groups is 2. The van der Waals surface area contributed by atoms with Crippen molar-refractivity contribution >= 4 is 18.0 Å². The molecule has 0 amide bonds. The van der Waals surface area contributed by atoms with Crippen LogP contribution in [-0.4, -0.2) is 45.6 Å². The molecule has 0 aromatic heterocycles. The van der Waals surface area contributed by atoms with E-state index in [0.717, 1.165) is 31.6 Å². The summed E-state index contributed by atoms with van der Waals surface area (Å²) in [4.78, 5) is 32.9. The van der Waals surface area contributed by atoms with Crippen molar-refractivity contribution in [3.63, 3.8) is 0 Å². The van der Waals surface area contributed by atoms with E-state index in [-0.39, 0.29) is 12.3 Å². The lowest BCUT2D eigenvalue weighted by Gasteiger charge is -2.31. The maximum absolute atomic E-state index is 11.6. The van der Waals surface area contributed by atoms with Crippen LogP contribution < -0.4 is 0 Å². The molecule has 0 aromatic rings. The van der Waals surface area contributed by atoms with Gasteiger partial charge in [0.05, 0.1) is 12.0 Å². The maximum atomic E-state index is 11.6. The van der Waals surface area contributed by atoms with Gasteiger partial charge in [0.15, 0.2) is 5.78 Å². The van der Waals surface area contributed by atoms with Gasteiger partial charge in [-0.2, -0.15) is 0 Å². The number of carbonyl (C=O) groups excluding carboxylic acids is 2. The standard InChI is InChI=1S/C18H32O2.C14H20O4/c19-18(20)16-10-8-6-4-2-1-3-5-7-9-13-17-14-11-12-15-17;1-2-3-4-5-6-7-10-8-12(16)14(18)13(17)11(10)9-15/h11,14,17H,1-10,12-13,15-16H2,(H,19,20);4-7,9-12,14,16,18H,2-3,8H2,1H3. The SMILES string of the molecule is CCCC=CC=CC1CC(O)C(O)C(=O)C1C=O.O=C(O)CCCCCCCCCCCCC1C=CCC1. The van der Waals surface area contributed by atoms with Crippen LogP contribution in [0.5, 0.6) is 0 Å². The first-order valence-corrected chi connectivity index (χ1v) is 15.0. The minimum Gasteiger partial charge on any atom is -0.481 e. The Morgan fingerprint density at radius 1 is 0.974 bits per heavy atom. The molecule has 6 nitrogen and oxygen atoms in total. The molecular formula is C32H52O6. The number of carboxylic acids is 1. The molecule has 2 rings (SSSR count). The number of carbonyl (C=O) groups is 3. The highest BCUT2D eigenvalue weighted by molar-refractivity contribution is 5.97. The molecular weight excluding hydrogens is 480 g/mol. The van der Waals surface area contributed by atoms with Crippen molar-refractivity contribution in [2.45, 2.75) is 128 Å². The average molecular weight is 533 g/mol.